The molecule has 0 unspecified atom stereocenters. The maximum Gasteiger partial charge on any atom is 0.316 e. The van der Waals surface area contributed by atoms with Crippen molar-refractivity contribution in [3.8, 4) is 0 Å². The minimum absolute atomic E-state index is 0. The molecular weight excluding hydrogens is 220 g/mol. The van der Waals surface area contributed by atoms with Gasteiger partial charge in [0.05, 0.1) is 0 Å². The average Bonchev–Trinajstić information content (AvgIpc) is 1.65. The third-order valence-corrected chi connectivity index (χ3v) is 0.486. The Kier molecular flexibility index (Phi) is 23.9. The summed E-state index contributed by atoms with van der Waals surface area (Å²) in [4.78, 5) is 9.61. The first-order valence-electron chi connectivity index (χ1n) is 0.901. The van der Waals surface area contributed by atoms with E-state index < -0.39 is 6.16 Å². The number of hydrogen-bond acceptors (Lipinski definition) is 3. The van der Waals surface area contributed by atoms with Crippen LogP contribution in [-0.4, -0.2) is 52.3 Å². The number of hydrogen-bond donors (Lipinski definition) is 0. The first kappa shape index (κ1) is 16.4. The van der Waals surface area contributed by atoms with E-state index in [-0.39, 0.29) is 46.1 Å². The van der Waals surface area contributed by atoms with E-state index in [1.807, 2.05) is 0 Å². The summed E-state index contributed by atoms with van der Waals surface area (Å²) >= 11 is 5.48. The van der Waals surface area contributed by atoms with E-state index in [1.165, 1.54) is 0 Å². The van der Waals surface area contributed by atoms with Crippen molar-refractivity contribution in [3.63, 3.8) is 0 Å². The van der Waals surface area contributed by atoms with Gasteiger partial charge in [-0.05, 0) is 0 Å². The van der Waals surface area contributed by atoms with Crippen molar-refractivity contribution in [1.29, 1.82) is 0 Å². The molecule has 0 N–H and O–H groups in total. The summed E-state index contributed by atoms with van der Waals surface area (Å²) in [6.45, 7) is 0. The third-order valence-electron chi connectivity index (χ3n) is 0.118. The molecule has 0 heterocycles. The molecule has 0 fully saturated rings. The maximum absolute atomic E-state index is 9.61. The summed E-state index contributed by atoms with van der Waals surface area (Å²) in [6, 6.07) is 0. The van der Waals surface area contributed by atoms with Gasteiger partial charge in [0.2, 0.25) is 0 Å². The zero-order chi connectivity index (χ0) is 4.99. The summed E-state index contributed by atoms with van der Waals surface area (Å²) in [6.07, 6.45) is -0.880. The second-order valence-electron chi connectivity index (χ2n) is 0.394. The third kappa shape index (κ3) is 10.8. The van der Waals surface area contributed by atoms with Gasteiger partial charge >= 0.3 is 97.4 Å². The van der Waals surface area contributed by atoms with E-state index in [0.29, 0.717) is 0 Å². The van der Waals surface area contributed by atoms with Crippen LogP contribution in [0.2, 0.25) is 0 Å². The van der Waals surface area contributed by atoms with E-state index in [1.54, 1.807) is 0 Å². The Labute approximate surface area is 96.2 Å². The average molecular weight is 224 g/mol. The van der Waals surface area contributed by atoms with Crippen molar-refractivity contribution >= 4 is 52.3 Å². The summed E-state index contributed by atoms with van der Waals surface area (Å²) in [5, 5.41) is 0. The predicted molar refractivity (Wildman–Crippen MR) is 24.7 cm³/mol. The van der Waals surface area contributed by atoms with E-state index in [4.69, 9.17) is 0 Å². The molecule has 0 spiro atoms. The van der Waals surface area contributed by atoms with Crippen LogP contribution in [0.3, 0.4) is 0 Å². The predicted octanol–water partition coefficient (Wildman–Crippen LogP) is -1.77. The standard InChI is InChI=1S/CH2O3.2Fe.2Mg.4H/c2-1(3)4;;;;;;;;/h(H2,2,3,4);;;;;;;;/q;2*+1;;;;;;/p-2. The molecule has 0 aromatic heterocycles. The van der Waals surface area contributed by atoms with Crippen LogP contribution >= 0.6 is 0 Å². The van der Waals surface area contributed by atoms with Crippen LogP contribution in [-0.2, 0) is 40.3 Å². The Hall–Kier alpha value is 1.84. The van der Waals surface area contributed by atoms with Gasteiger partial charge in [-0.1, -0.05) is 0 Å². The smallest absolute Gasteiger partial charge is 0.316 e. The van der Waals surface area contributed by atoms with Crippen LogP contribution in [0.5, 0.6) is 0 Å². The summed E-state index contributed by atoms with van der Waals surface area (Å²) in [7, 11) is 0. The molecule has 0 amide bonds. The van der Waals surface area contributed by atoms with Crippen molar-refractivity contribution in [1.82, 2.24) is 0 Å². The molecule has 0 radical (unpaired) electrons. The zero-order valence-electron chi connectivity index (χ0n) is 2.43. The van der Waals surface area contributed by atoms with Crippen molar-refractivity contribution in [2.45, 2.75) is 0 Å². The molecule has 7 heteroatoms. The van der Waals surface area contributed by atoms with Gasteiger partial charge in [-0.15, -0.1) is 0 Å². The first-order valence-corrected chi connectivity index (χ1v) is 1.80. The van der Waals surface area contributed by atoms with E-state index in [0.717, 1.165) is 0 Å². The molecule has 0 aliphatic heterocycles. The molecule has 0 aliphatic carbocycles. The minimum Gasteiger partial charge on any atom is 0.316 e. The van der Waals surface area contributed by atoms with Crippen LogP contribution in [0.25, 0.3) is 0 Å². The summed E-state index contributed by atoms with van der Waals surface area (Å²) < 4.78 is 7.45. The molecule has 3 nitrogen and oxygen atoms in total. The quantitative estimate of drug-likeness (QED) is 0.457. The fraction of sp³-hybridized carbons (Fsp3) is 0. The summed E-state index contributed by atoms with van der Waals surface area (Å²) in [5.41, 5.74) is 0. The molecule has 8 heavy (non-hydrogen) atoms. The van der Waals surface area contributed by atoms with E-state index in [2.05, 4.69) is 40.3 Å². The summed E-state index contributed by atoms with van der Waals surface area (Å²) in [5.74, 6) is 0. The van der Waals surface area contributed by atoms with Gasteiger partial charge < -0.3 is 0 Å². The Morgan fingerprint density at radius 3 is 1.38 bits per heavy atom. The zero-order valence-corrected chi connectivity index (χ0v) is 4.64. The molecule has 0 saturated carbocycles. The van der Waals surface area contributed by atoms with Crippen LogP contribution in [0, 0.1) is 0 Å². The molecule has 0 aliphatic rings. The van der Waals surface area contributed by atoms with Gasteiger partial charge in [0.25, 0.3) is 0 Å². The Morgan fingerprint density at radius 1 is 1.12 bits per heavy atom. The molecule has 0 atom stereocenters. The van der Waals surface area contributed by atoms with Crippen LogP contribution in [0.15, 0.2) is 0 Å². The number of carbonyl (C=O) groups is 1. The van der Waals surface area contributed by atoms with E-state index >= 15 is 0 Å². The Morgan fingerprint density at radius 2 is 1.38 bits per heavy atom. The monoisotopic (exact) mass is 224 g/mol. The fourth-order valence-corrected chi connectivity index (χ4v) is 0.177. The second-order valence-corrected chi connectivity index (χ2v) is 0.845. The molecule has 0 aromatic carbocycles. The van der Waals surface area contributed by atoms with Crippen molar-refractivity contribution < 1.29 is 45.1 Å². The van der Waals surface area contributed by atoms with Crippen LogP contribution < -0.4 is 0 Å². The van der Waals surface area contributed by atoms with Crippen LogP contribution in [0.1, 0.15) is 0 Å². The van der Waals surface area contributed by atoms with Gasteiger partial charge in [0.1, 0.15) is 0 Å². The Bertz CT molecular complexity index is 53.2. The normalized spacial score (nSPS) is 5.25. The largest absolute Gasteiger partial charge is 0.316 e. The SMILES string of the molecule is O=C([O][Fe])[O][Fe].[MgH2].[MgH2]. The Balaban J connectivity index is -0.000000125. The van der Waals surface area contributed by atoms with Gasteiger partial charge in [-0.25, -0.2) is 0 Å². The minimum atomic E-state index is -0.880. The van der Waals surface area contributed by atoms with Crippen molar-refractivity contribution in [2.75, 3.05) is 0 Å². The topological polar surface area (TPSA) is 35.5 Å². The van der Waals surface area contributed by atoms with Crippen molar-refractivity contribution in [3.05, 3.63) is 0 Å². The molecule has 0 rings (SSSR count). The van der Waals surface area contributed by atoms with E-state index in [9.17, 15) is 4.79 Å². The van der Waals surface area contributed by atoms with Crippen LogP contribution in [0.4, 0.5) is 4.79 Å². The van der Waals surface area contributed by atoms with Gasteiger partial charge in [-0.2, -0.15) is 0 Å². The van der Waals surface area contributed by atoms with Gasteiger partial charge in [0.15, 0.2) is 0 Å². The fourth-order valence-electron chi connectivity index (χ4n) is 0.0104. The second kappa shape index (κ2) is 11.6. The molecule has 46 valence electrons. The molecular formula is CH4Fe2Mg2O3. The van der Waals surface area contributed by atoms with Crippen molar-refractivity contribution in [2.24, 2.45) is 0 Å². The van der Waals surface area contributed by atoms with Gasteiger partial charge in [-0.3, -0.25) is 0 Å². The molecule has 0 saturated heterocycles. The number of rotatable bonds is 0. The first-order chi connectivity index (χ1) is 2.81. The van der Waals surface area contributed by atoms with Gasteiger partial charge in [0, 0.05) is 0 Å². The maximum atomic E-state index is 9.61. The number of carbonyl (C=O) groups excluding carboxylic acids is 1. The molecule has 0 aromatic rings. The molecule has 0 bridgehead atoms.